The second-order valence-corrected chi connectivity index (χ2v) is 7.66. The summed E-state index contributed by atoms with van der Waals surface area (Å²) < 4.78 is 0. The van der Waals surface area contributed by atoms with Crippen molar-refractivity contribution in [3.63, 3.8) is 0 Å². The fourth-order valence-electron chi connectivity index (χ4n) is 3.31. The summed E-state index contributed by atoms with van der Waals surface area (Å²) in [7, 11) is 0. The van der Waals surface area contributed by atoms with E-state index in [9.17, 15) is 4.79 Å². The molecule has 0 heterocycles. The molecule has 4 N–H and O–H groups in total. The third kappa shape index (κ3) is 18.2. The van der Waals surface area contributed by atoms with E-state index in [2.05, 4.69) is 17.6 Å². The topological polar surface area (TPSA) is 67.2 Å². The van der Waals surface area contributed by atoms with Crippen LogP contribution in [-0.4, -0.2) is 31.6 Å². The molecule has 0 radical (unpaired) electrons. The summed E-state index contributed by atoms with van der Waals surface area (Å²) in [6.07, 6.45) is 19.9. The highest BCUT2D eigenvalue weighted by molar-refractivity contribution is 5.79. The molecule has 1 unspecified atom stereocenters. The molecule has 0 saturated carbocycles. The minimum absolute atomic E-state index is 0.163. The van der Waals surface area contributed by atoms with Crippen molar-refractivity contribution in [3.8, 4) is 0 Å². The van der Waals surface area contributed by atoms with Crippen molar-refractivity contribution >= 4 is 5.91 Å². The van der Waals surface area contributed by atoms with Crippen LogP contribution in [0.25, 0.3) is 0 Å². The number of carbonyl (C=O) groups excluding carboxylic acids is 1. The van der Waals surface area contributed by atoms with Crippen LogP contribution in [0.5, 0.6) is 0 Å². The van der Waals surface area contributed by atoms with E-state index in [-0.39, 0.29) is 11.9 Å². The molecule has 0 bridgehead atoms. The number of unbranched alkanes of at least 4 members (excludes halogenated alkanes) is 12. The zero-order valence-corrected chi connectivity index (χ0v) is 17.8. The zero-order chi connectivity index (χ0) is 19.3. The summed E-state index contributed by atoms with van der Waals surface area (Å²) in [5, 5.41) is 6.75. The van der Waals surface area contributed by atoms with Crippen LogP contribution in [-0.2, 0) is 4.79 Å². The van der Waals surface area contributed by atoms with Crippen molar-refractivity contribution in [2.24, 2.45) is 5.73 Å². The Bertz CT molecular complexity index is 297. The molecule has 0 aliphatic heterocycles. The number of rotatable bonds is 21. The molecular formula is C22H47N3O. The number of nitrogens with one attached hydrogen (secondary N) is 2. The van der Waals surface area contributed by atoms with Crippen LogP contribution in [0.4, 0.5) is 0 Å². The van der Waals surface area contributed by atoms with E-state index in [1.165, 1.54) is 77.0 Å². The van der Waals surface area contributed by atoms with Gasteiger partial charge in [0.15, 0.2) is 0 Å². The first-order chi connectivity index (χ1) is 12.7. The van der Waals surface area contributed by atoms with Crippen molar-refractivity contribution in [3.05, 3.63) is 0 Å². The second kappa shape index (κ2) is 20.7. The van der Waals surface area contributed by atoms with Gasteiger partial charge < -0.3 is 16.4 Å². The third-order valence-corrected chi connectivity index (χ3v) is 5.13. The minimum Gasteiger partial charge on any atom is -0.368 e. The van der Waals surface area contributed by atoms with Gasteiger partial charge in [-0.2, -0.15) is 0 Å². The average molecular weight is 370 g/mol. The van der Waals surface area contributed by atoms with Crippen LogP contribution in [0.1, 0.15) is 110 Å². The number of hydrogen-bond donors (Lipinski definition) is 3. The highest BCUT2D eigenvalue weighted by Gasteiger charge is 2.10. The molecule has 1 amide bonds. The van der Waals surface area contributed by atoms with Gasteiger partial charge in [-0.15, -0.1) is 0 Å². The molecule has 0 aromatic carbocycles. The summed E-state index contributed by atoms with van der Waals surface area (Å²) >= 11 is 0. The number of primary amides is 1. The fraction of sp³-hybridized carbons (Fsp3) is 0.955. The fourth-order valence-corrected chi connectivity index (χ4v) is 3.31. The molecule has 0 spiro atoms. The maximum Gasteiger partial charge on any atom is 0.234 e. The molecule has 4 nitrogen and oxygen atoms in total. The SMILES string of the molecule is CCCCCCCCCCCCCCNCCCCNC(CC)C(N)=O. The number of hydrogen-bond acceptors (Lipinski definition) is 3. The molecule has 0 aliphatic rings. The first kappa shape index (κ1) is 25.4. The first-order valence-electron chi connectivity index (χ1n) is 11.5. The predicted molar refractivity (Wildman–Crippen MR) is 114 cm³/mol. The Labute approximate surface area is 163 Å². The molecule has 0 fully saturated rings. The Hall–Kier alpha value is -0.610. The number of carbonyl (C=O) groups is 1. The van der Waals surface area contributed by atoms with Crippen molar-refractivity contribution < 1.29 is 4.79 Å². The van der Waals surface area contributed by atoms with Gasteiger partial charge in [-0.3, -0.25) is 4.79 Å². The molecule has 0 saturated heterocycles. The van der Waals surface area contributed by atoms with E-state index >= 15 is 0 Å². The summed E-state index contributed by atoms with van der Waals surface area (Å²) in [6, 6.07) is -0.163. The second-order valence-electron chi connectivity index (χ2n) is 7.66. The maximum atomic E-state index is 11.1. The van der Waals surface area contributed by atoms with E-state index in [4.69, 9.17) is 5.73 Å². The Morgan fingerprint density at radius 1 is 0.692 bits per heavy atom. The third-order valence-electron chi connectivity index (χ3n) is 5.13. The molecule has 156 valence electrons. The number of nitrogens with two attached hydrogens (primary N) is 1. The van der Waals surface area contributed by atoms with Gasteiger partial charge in [0, 0.05) is 0 Å². The van der Waals surface area contributed by atoms with E-state index in [1.54, 1.807) is 0 Å². The highest BCUT2D eigenvalue weighted by atomic mass is 16.1. The van der Waals surface area contributed by atoms with Crippen LogP contribution < -0.4 is 16.4 Å². The molecular weight excluding hydrogens is 322 g/mol. The molecule has 26 heavy (non-hydrogen) atoms. The Morgan fingerprint density at radius 2 is 1.12 bits per heavy atom. The molecule has 0 rings (SSSR count). The van der Waals surface area contributed by atoms with Gasteiger partial charge in [0.05, 0.1) is 6.04 Å². The molecule has 1 atom stereocenters. The van der Waals surface area contributed by atoms with Crippen LogP contribution in [0.2, 0.25) is 0 Å². The van der Waals surface area contributed by atoms with Gasteiger partial charge in [0.2, 0.25) is 5.91 Å². The van der Waals surface area contributed by atoms with Gasteiger partial charge in [-0.25, -0.2) is 0 Å². The monoisotopic (exact) mass is 369 g/mol. The minimum atomic E-state index is -0.238. The van der Waals surface area contributed by atoms with Crippen LogP contribution in [0.3, 0.4) is 0 Å². The Balaban J connectivity index is 3.10. The van der Waals surface area contributed by atoms with Crippen molar-refractivity contribution in [2.75, 3.05) is 19.6 Å². The Kier molecular flexibility index (Phi) is 20.2. The first-order valence-corrected chi connectivity index (χ1v) is 11.5. The van der Waals surface area contributed by atoms with Gasteiger partial charge in [-0.05, 0) is 45.3 Å². The normalized spacial score (nSPS) is 12.4. The molecule has 4 heteroatoms. The lowest BCUT2D eigenvalue weighted by molar-refractivity contribution is -0.120. The highest BCUT2D eigenvalue weighted by Crippen LogP contribution is 2.11. The van der Waals surface area contributed by atoms with Gasteiger partial charge in [0.25, 0.3) is 0 Å². The van der Waals surface area contributed by atoms with E-state index in [0.29, 0.717) is 0 Å². The summed E-state index contributed by atoms with van der Waals surface area (Å²) in [4.78, 5) is 11.1. The molecule has 0 aromatic rings. The maximum absolute atomic E-state index is 11.1. The van der Waals surface area contributed by atoms with Crippen molar-refractivity contribution in [1.29, 1.82) is 0 Å². The van der Waals surface area contributed by atoms with Gasteiger partial charge in [0.1, 0.15) is 0 Å². The van der Waals surface area contributed by atoms with Crippen molar-refractivity contribution in [2.45, 2.75) is 116 Å². The van der Waals surface area contributed by atoms with Crippen LogP contribution in [0.15, 0.2) is 0 Å². The summed E-state index contributed by atoms with van der Waals surface area (Å²) in [6.45, 7) is 7.36. The Morgan fingerprint density at radius 3 is 1.58 bits per heavy atom. The smallest absolute Gasteiger partial charge is 0.234 e. The quantitative estimate of drug-likeness (QED) is 0.252. The van der Waals surface area contributed by atoms with E-state index < -0.39 is 0 Å². The largest absolute Gasteiger partial charge is 0.368 e. The lowest BCUT2D eigenvalue weighted by atomic mass is 10.1. The lowest BCUT2D eigenvalue weighted by Crippen LogP contribution is -2.41. The zero-order valence-electron chi connectivity index (χ0n) is 17.8. The van der Waals surface area contributed by atoms with E-state index in [1.807, 2.05) is 6.92 Å². The molecule has 0 aliphatic carbocycles. The standard InChI is InChI=1S/C22H47N3O/c1-3-5-6-7-8-9-10-11-12-13-14-15-18-24-19-16-17-20-25-21(4-2)22(23)26/h21,24-25H,3-20H2,1-2H3,(H2,23,26). The summed E-state index contributed by atoms with van der Waals surface area (Å²) in [5.41, 5.74) is 5.31. The van der Waals surface area contributed by atoms with Gasteiger partial charge >= 0.3 is 0 Å². The number of amides is 1. The predicted octanol–water partition coefficient (Wildman–Crippen LogP) is 4.91. The van der Waals surface area contributed by atoms with Crippen LogP contribution in [0, 0.1) is 0 Å². The van der Waals surface area contributed by atoms with E-state index in [0.717, 1.165) is 38.9 Å². The van der Waals surface area contributed by atoms with Crippen LogP contribution >= 0.6 is 0 Å². The van der Waals surface area contributed by atoms with Crippen molar-refractivity contribution in [1.82, 2.24) is 10.6 Å². The average Bonchev–Trinajstić information content (AvgIpc) is 2.63. The molecule has 0 aromatic heterocycles. The summed E-state index contributed by atoms with van der Waals surface area (Å²) in [5.74, 6) is -0.238. The lowest BCUT2D eigenvalue weighted by Gasteiger charge is -2.12. The van der Waals surface area contributed by atoms with Gasteiger partial charge in [-0.1, -0.05) is 84.5 Å².